The molecule has 0 fully saturated rings. The lowest BCUT2D eigenvalue weighted by Crippen LogP contribution is -2.45. The third kappa shape index (κ3) is 2.34. The minimum atomic E-state index is -1.54. The van der Waals surface area contributed by atoms with E-state index in [0.29, 0.717) is 10.9 Å². The number of hydrogen-bond acceptors (Lipinski definition) is 2. The molecule has 84 valence electrons. The molecule has 0 radical (unpaired) electrons. The Morgan fingerprint density at radius 1 is 1.27 bits per heavy atom. The summed E-state index contributed by atoms with van der Waals surface area (Å²) in [5.74, 6) is 0.316. The molecule has 0 aliphatic heterocycles. The predicted molar refractivity (Wildman–Crippen MR) is 67.7 cm³/mol. The van der Waals surface area contributed by atoms with Gasteiger partial charge in [-0.3, -0.25) is 0 Å². The first kappa shape index (κ1) is 12.5. The van der Waals surface area contributed by atoms with Crippen LogP contribution < -0.4 is 5.19 Å². The summed E-state index contributed by atoms with van der Waals surface area (Å²) in [6.45, 7) is 6.60. The Hall–Kier alpha value is -0.543. The molecule has 0 spiro atoms. The molecule has 0 aliphatic carbocycles. The fraction of sp³-hybridized carbons (Fsp3) is 0.545. The maximum absolute atomic E-state index is 9.88. The lowest BCUT2D eigenvalue weighted by Gasteiger charge is -2.29. The van der Waals surface area contributed by atoms with Crippen molar-refractivity contribution in [2.75, 3.05) is 0 Å². The van der Waals surface area contributed by atoms with Crippen LogP contribution in [-0.2, 0) is 0 Å². The average Bonchev–Trinajstić information content (AvgIpc) is 2.26. The second-order valence-corrected chi connectivity index (χ2v) is 9.47. The van der Waals surface area contributed by atoms with Gasteiger partial charge in [0.25, 0.3) is 0 Å². The van der Waals surface area contributed by atoms with Gasteiger partial charge in [-0.15, -0.1) is 0 Å². The zero-order chi connectivity index (χ0) is 11.5. The van der Waals surface area contributed by atoms with Crippen LogP contribution in [0.1, 0.15) is 20.8 Å². The number of aromatic nitrogens is 1. The van der Waals surface area contributed by atoms with Crippen molar-refractivity contribution in [3.8, 4) is 5.75 Å². The van der Waals surface area contributed by atoms with Crippen molar-refractivity contribution in [1.82, 2.24) is 4.98 Å². The summed E-state index contributed by atoms with van der Waals surface area (Å²) >= 11 is 5.89. The normalized spacial score (nSPS) is 11.7. The van der Waals surface area contributed by atoms with Crippen LogP contribution in [0.4, 0.5) is 0 Å². The largest absolute Gasteiger partial charge is 0.506 e. The van der Waals surface area contributed by atoms with Crippen molar-refractivity contribution >= 4 is 24.9 Å². The van der Waals surface area contributed by atoms with E-state index in [1.54, 1.807) is 0 Å². The fourth-order valence-electron chi connectivity index (χ4n) is 2.17. The van der Waals surface area contributed by atoms with Crippen LogP contribution >= 0.6 is 11.6 Å². The van der Waals surface area contributed by atoms with Crippen LogP contribution in [0.3, 0.4) is 0 Å². The molecule has 15 heavy (non-hydrogen) atoms. The van der Waals surface area contributed by atoms with E-state index in [0.717, 1.165) is 23.3 Å². The number of pyridine rings is 1. The molecule has 4 heteroatoms. The van der Waals surface area contributed by atoms with Crippen molar-refractivity contribution in [3.63, 3.8) is 0 Å². The highest BCUT2D eigenvalue weighted by Gasteiger charge is 2.32. The Labute approximate surface area is 97.3 Å². The number of aromatic hydroxyl groups is 1. The number of rotatable bonds is 4. The molecular formula is C11H18ClNOSi. The summed E-state index contributed by atoms with van der Waals surface area (Å²) in [7, 11) is -1.54. The zero-order valence-corrected chi connectivity index (χ0v) is 11.3. The topological polar surface area (TPSA) is 33.1 Å². The van der Waals surface area contributed by atoms with Crippen LogP contribution in [-0.4, -0.2) is 18.2 Å². The van der Waals surface area contributed by atoms with Gasteiger partial charge < -0.3 is 5.11 Å². The molecule has 0 saturated heterocycles. The van der Waals surface area contributed by atoms with E-state index in [-0.39, 0.29) is 0 Å². The van der Waals surface area contributed by atoms with Gasteiger partial charge in [-0.1, -0.05) is 50.5 Å². The monoisotopic (exact) mass is 243 g/mol. The molecule has 1 N–H and O–H groups in total. The Balaban J connectivity index is 3.27. The summed E-state index contributed by atoms with van der Waals surface area (Å²) in [5, 5.41) is 11.4. The van der Waals surface area contributed by atoms with E-state index in [1.165, 1.54) is 6.20 Å². The maximum atomic E-state index is 9.88. The molecule has 1 heterocycles. The first-order valence-corrected chi connectivity index (χ1v) is 8.44. The molecule has 0 saturated carbocycles. The highest BCUT2D eigenvalue weighted by atomic mass is 35.5. The number of hydrogen-bond donors (Lipinski definition) is 1. The van der Waals surface area contributed by atoms with E-state index in [4.69, 9.17) is 11.6 Å². The first-order chi connectivity index (χ1) is 7.09. The number of nitrogens with zero attached hydrogens (tertiary/aromatic N) is 1. The van der Waals surface area contributed by atoms with Gasteiger partial charge in [0.15, 0.2) is 0 Å². The molecule has 0 bridgehead atoms. The quantitative estimate of drug-likeness (QED) is 0.651. The summed E-state index contributed by atoms with van der Waals surface area (Å²) in [4.78, 5) is 3.89. The van der Waals surface area contributed by atoms with Gasteiger partial charge >= 0.3 is 0 Å². The highest BCUT2D eigenvalue weighted by Crippen LogP contribution is 2.24. The molecule has 0 aliphatic rings. The Morgan fingerprint density at radius 3 is 2.27 bits per heavy atom. The van der Waals surface area contributed by atoms with E-state index in [9.17, 15) is 5.11 Å². The van der Waals surface area contributed by atoms with Crippen molar-refractivity contribution in [2.24, 2.45) is 0 Å². The summed E-state index contributed by atoms with van der Waals surface area (Å²) in [6.07, 6.45) is 1.47. The smallest absolute Gasteiger partial charge is 0.133 e. The lowest BCUT2D eigenvalue weighted by molar-refractivity contribution is 0.476. The molecule has 0 atom stereocenters. The second kappa shape index (κ2) is 4.99. The summed E-state index contributed by atoms with van der Waals surface area (Å²) < 4.78 is 0. The molecule has 1 rings (SSSR count). The third-order valence-corrected chi connectivity index (χ3v) is 9.26. The maximum Gasteiger partial charge on any atom is 0.133 e. The van der Waals surface area contributed by atoms with Crippen LogP contribution in [0.2, 0.25) is 23.3 Å². The minimum Gasteiger partial charge on any atom is -0.506 e. The van der Waals surface area contributed by atoms with E-state index < -0.39 is 8.07 Å². The molecule has 0 amide bonds. The molecule has 1 aromatic rings. The van der Waals surface area contributed by atoms with Gasteiger partial charge in [0.1, 0.15) is 10.9 Å². The van der Waals surface area contributed by atoms with Crippen LogP contribution in [0.15, 0.2) is 12.3 Å². The minimum absolute atomic E-state index is 0.316. The van der Waals surface area contributed by atoms with Crippen LogP contribution in [0.5, 0.6) is 5.75 Å². The zero-order valence-electron chi connectivity index (χ0n) is 9.55. The van der Waals surface area contributed by atoms with Crippen molar-refractivity contribution in [3.05, 3.63) is 17.4 Å². The van der Waals surface area contributed by atoms with Gasteiger partial charge in [-0.25, -0.2) is 4.98 Å². The van der Waals surface area contributed by atoms with Gasteiger partial charge in [0.05, 0.1) is 14.3 Å². The Bertz CT molecular complexity index is 331. The van der Waals surface area contributed by atoms with Gasteiger partial charge in [0.2, 0.25) is 0 Å². The predicted octanol–water partition coefficient (Wildman–Crippen LogP) is 3.16. The third-order valence-electron chi connectivity index (χ3n) is 3.45. The molecule has 2 nitrogen and oxygen atoms in total. The molecule has 0 unspecified atom stereocenters. The summed E-state index contributed by atoms with van der Waals surface area (Å²) in [5.41, 5.74) is 0. The van der Waals surface area contributed by atoms with E-state index in [1.807, 2.05) is 6.07 Å². The van der Waals surface area contributed by atoms with E-state index >= 15 is 0 Å². The fourth-order valence-corrected chi connectivity index (χ4v) is 6.11. The number of halogens is 1. The standard InChI is InChI=1S/C11H18ClNOSi/c1-4-15(5-2,6-3)10-7-11(12)13-8-9(10)14/h7-8,14H,4-6H2,1-3H3. The van der Waals surface area contributed by atoms with Crippen molar-refractivity contribution < 1.29 is 5.11 Å². The lowest BCUT2D eigenvalue weighted by atomic mass is 10.5. The molecule has 0 aromatic carbocycles. The van der Waals surface area contributed by atoms with Crippen molar-refractivity contribution in [1.29, 1.82) is 0 Å². The molecular weight excluding hydrogens is 226 g/mol. The summed E-state index contributed by atoms with van der Waals surface area (Å²) in [6, 6.07) is 5.25. The van der Waals surface area contributed by atoms with Gasteiger partial charge in [-0.05, 0) is 11.3 Å². The Kier molecular flexibility index (Phi) is 4.17. The van der Waals surface area contributed by atoms with Crippen LogP contribution in [0, 0.1) is 0 Å². The van der Waals surface area contributed by atoms with Gasteiger partial charge in [0, 0.05) is 0 Å². The van der Waals surface area contributed by atoms with Crippen molar-refractivity contribution in [2.45, 2.75) is 38.9 Å². The van der Waals surface area contributed by atoms with Gasteiger partial charge in [-0.2, -0.15) is 0 Å². The van der Waals surface area contributed by atoms with Crippen LogP contribution in [0.25, 0.3) is 0 Å². The second-order valence-electron chi connectivity index (χ2n) is 3.87. The SMILES string of the molecule is CC[Si](CC)(CC)c1cc(Cl)ncc1O. The average molecular weight is 244 g/mol. The Morgan fingerprint density at radius 2 is 1.80 bits per heavy atom. The highest BCUT2D eigenvalue weighted by molar-refractivity contribution is 6.92. The molecule has 1 aromatic heterocycles. The van der Waals surface area contributed by atoms with E-state index in [2.05, 4.69) is 25.8 Å². The first-order valence-electron chi connectivity index (χ1n) is 5.44.